The fourth-order valence-corrected chi connectivity index (χ4v) is 4.04. The van der Waals surface area contributed by atoms with Crippen LogP contribution in [0.2, 0.25) is 10.0 Å². The van der Waals surface area contributed by atoms with Gasteiger partial charge in [-0.1, -0.05) is 29.3 Å². The fraction of sp³-hybridized carbons (Fsp3) is 0.333. The second kappa shape index (κ2) is 8.80. The summed E-state index contributed by atoms with van der Waals surface area (Å²) in [6.45, 7) is 5.29. The van der Waals surface area contributed by atoms with Gasteiger partial charge in [-0.15, -0.1) is 0 Å². The van der Waals surface area contributed by atoms with Crippen LogP contribution in [0.15, 0.2) is 42.4 Å². The molecule has 0 bridgehead atoms. The van der Waals surface area contributed by atoms with Crippen molar-refractivity contribution < 1.29 is 17.9 Å². The number of anilines is 1. The van der Waals surface area contributed by atoms with Crippen LogP contribution in [0.4, 0.5) is 19.0 Å². The molecule has 4 rings (SSSR count). The van der Waals surface area contributed by atoms with Gasteiger partial charge in [-0.2, -0.15) is 18.3 Å². The van der Waals surface area contributed by atoms with Gasteiger partial charge in [0, 0.05) is 42.9 Å². The number of alkyl halides is 3. The molecule has 0 radical (unpaired) electrons. The molecule has 0 fully saturated rings. The van der Waals surface area contributed by atoms with E-state index >= 15 is 0 Å². The molecule has 1 aliphatic heterocycles. The molecule has 1 aliphatic rings. The van der Waals surface area contributed by atoms with Gasteiger partial charge in [-0.25, -0.2) is 9.67 Å². The molecule has 3 aromatic rings. The van der Waals surface area contributed by atoms with Crippen molar-refractivity contribution in [2.45, 2.75) is 32.6 Å². The van der Waals surface area contributed by atoms with Crippen molar-refractivity contribution in [2.75, 3.05) is 18.5 Å². The first-order valence-electron chi connectivity index (χ1n) is 9.89. The third kappa shape index (κ3) is 4.24. The van der Waals surface area contributed by atoms with E-state index < -0.39 is 17.9 Å². The predicted molar refractivity (Wildman–Crippen MR) is 117 cm³/mol. The highest BCUT2D eigenvalue weighted by molar-refractivity contribution is 6.42. The second-order valence-electron chi connectivity index (χ2n) is 7.24. The number of aromatic nitrogens is 4. The number of nitrogens with one attached hydrogen (secondary N) is 1. The number of nitrogens with zero attached hydrogens (tertiary/aromatic N) is 4. The summed E-state index contributed by atoms with van der Waals surface area (Å²) in [6.07, 6.45) is -1.13. The minimum absolute atomic E-state index is 0.224. The number of halogens is 5. The Hall–Kier alpha value is -2.49. The molecule has 1 aromatic carbocycles. The summed E-state index contributed by atoms with van der Waals surface area (Å²) in [5.41, 5.74) is 0.978. The molecular formula is C21H20Cl2F3N5O. The molecule has 1 atom stereocenters. The SMILES string of the molecule is CCOCCn1ccnc1C1=C(C)Nc2cc(C(F)(F)F)nn2[C@@H]1c1ccc(Cl)c(Cl)c1. The molecule has 0 saturated carbocycles. The molecule has 6 nitrogen and oxygen atoms in total. The van der Waals surface area contributed by atoms with Gasteiger partial charge in [0.2, 0.25) is 0 Å². The van der Waals surface area contributed by atoms with Crippen LogP contribution < -0.4 is 5.32 Å². The van der Waals surface area contributed by atoms with Crippen LogP contribution in [0.1, 0.15) is 37.0 Å². The Kier molecular flexibility index (Phi) is 6.24. The Morgan fingerprint density at radius 2 is 1.97 bits per heavy atom. The summed E-state index contributed by atoms with van der Waals surface area (Å²) in [7, 11) is 0. The van der Waals surface area contributed by atoms with E-state index in [1.165, 1.54) is 4.68 Å². The summed E-state index contributed by atoms with van der Waals surface area (Å²) >= 11 is 12.3. The highest BCUT2D eigenvalue weighted by Crippen LogP contribution is 2.43. The number of rotatable bonds is 6. The lowest BCUT2D eigenvalue weighted by atomic mass is 9.95. The topological polar surface area (TPSA) is 56.9 Å². The smallest absolute Gasteiger partial charge is 0.380 e. The van der Waals surface area contributed by atoms with Crippen LogP contribution in [0, 0.1) is 0 Å². The zero-order valence-corrected chi connectivity index (χ0v) is 18.8. The lowest BCUT2D eigenvalue weighted by Gasteiger charge is -2.30. The third-order valence-electron chi connectivity index (χ3n) is 5.16. The number of fused-ring (bicyclic) bond motifs is 1. The number of ether oxygens (including phenoxy) is 1. The standard InChI is InChI=1S/C21H20Cl2F3N5O/c1-3-32-9-8-30-7-6-27-20(30)18-12(2)28-17-11-16(21(24,25)26)29-31(17)19(18)13-4-5-14(22)15(23)10-13/h4-7,10-11,19,28H,3,8-9H2,1-2H3/t19-/m1/s1. The second-order valence-corrected chi connectivity index (χ2v) is 8.05. The van der Waals surface area contributed by atoms with Crippen molar-refractivity contribution in [1.82, 2.24) is 19.3 Å². The van der Waals surface area contributed by atoms with Gasteiger partial charge < -0.3 is 14.6 Å². The minimum Gasteiger partial charge on any atom is -0.380 e. The van der Waals surface area contributed by atoms with Crippen LogP contribution in [-0.2, 0) is 17.5 Å². The van der Waals surface area contributed by atoms with Gasteiger partial charge in [0.1, 0.15) is 17.7 Å². The van der Waals surface area contributed by atoms with E-state index in [0.29, 0.717) is 52.5 Å². The van der Waals surface area contributed by atoms with Crippen molar-refractivity contribution in [3.05, 3.63) is 69.5 Å². The number of hydrogen-bond donors (Lipinski definition) is 1. The maximum Gasteiger partial charge on any atom is 0.435 e. The van der Waals surface area contributed by atoms with Gasteiger partial charge in [0.15, 0.2) is 5.69 Å². The average molecular weight is 486 g/mol. The van der Waals surface area contributed by atoms with E-state index in [-0.39, 0.29) is 5.82 Å². The number of imidazole rings is 1. The Morgan fingerprint density at radius 3 is 2.66 bits per heavy atom. The molecule has 32 heavy (non-hydrogen) atoms. The Morgan fingerprint density at radius 1 is 1.19 bits per heavy atom. The molecule has 0 unspecified atom stereocenters. The van der Waals surface area contributed by atoms with E-state index in [1.54, 1.807) is 37.5 Å². The first-order chi connectivity index (χ1) is 15.2. The molecule has 3 heterocycles. The van der Waals surface area contributed by atoms with Gasteiger partial charge in [0.25, 0.3) is 0 Å². The molecule has 2 aromatic heterocycles. The lowest BCUT2D eigenvalue weighted by Crippen LogP contribution is -2.26. The summed E-state index contributed by atoms with van der Waals surface area (Å²) in [5.74, 6) is 0.822. The quantitative estimate of drug-likeness (QED) is 0.442. The van der Waals surface area contributed by atoms with E-state index in [9.17, 15) is 13.2 Å². The monoisotopic (exact) mass is 485 g/mol. The zero-order chi connectivity index (χ0) is 23.0. The molecule has 0 aliphatic carbocycles. The third-order valence-corrected chi connectivity index (χ3v) is 5.90. The van der Waals surface area contributed by atoms with Crippen LogP contribution in [0.25, 0.3) is 5.57 Å². The summed E-state index contributed by atoms with van der Waals surface area (Å²) in [6, 6.07) is 5.27. The Labute approximate surface area is 192 Å². The van der Waals surface area contributed by atoms with Crippen molar-refractivity contribution in [2.24, 2.45) is 0 Å². The van der Waals surface area contributed by atoms with Gasteiger partial charge in [-0.05, 0) is 31.5 Å². The average Bonchev–Trinajstić information content (AvgIpc) is 3.36. The molecule has 170 valence electrons. The highest BCUT2D eigenvalue weighted by atomic mass is 35.5. The zero-order valence-electron chi connectivity index (χ0n) is 17.2. The minimum atomic E-state index is -4.59. The number of allylic oxidation sites excluding steroid dienone is 2. The van der Waals surface area contributed by atoms with Crippen LogP contribution in [0.3, 0.4) is 0 Å². The van der Waals surface area contributed by atoms with E-state index in [4.69, 9.17) is 27.9 Å². The van der Waals surface area contributed by atoms with Crippen LogP contribution >= 0.6 is 23.2 Å². The molecule has 1 N–H and O–H groups in total. The molecule has 0 saturated heterocycles. The first kappa shape index (κ1) is 22.7. The highest BCUT2D eigenvalue weighted by Gasteiger charge is 2.39. The fourth-order valence-electron chi connectivity index (χ4n) is 3.73. The number of hydrogen-bond acceptors (Lipinski definition) is 4. The summed E-state index contributed by atoms with van der Waals surface area (Å²) < 4.78 is 49.0. The summed E-state index contributed by atoms with van der Waals surface area (Å²) in [4.78, 5) is 4.50. The predicted octanol–water partition coefficient (Wildman–Crippen LogP) is 5.89. The maximum atomic E-state index is 13.4. The molecule has 0 spiro atoms. The molecule has 0 amide bonds. The van der Waals surface area contributed by atoms with Gasteiger partial charge in [-0.3, -0.25) is 0 Å². The lowest BCUT2D eigenvalue weighted by molar-refractivity contribution is -0.141. The maximum absolute atomic E-state index is 13.4. The Bertz CT molecular complexity index is 1170. The molecular weight excluding hydrogens is 466 g/mol. The van der Waals surface area contributed by atoms with E-state index in [0.717, 1.165) is 6.07 Å². The Balaban J connectivity index is 1.87. The first-order valence-corrected chi connectivity index (χ1v) is 10.6. The van der Waals surface area contributed by atoms with Gasteiger partial charge in [0.05, 0.1) is 16.7 Å². The van der Waals surface area contributed by atoms with E-state index in [1.807, 2.05) is 11.5 Å². The largest absolute Gasteiger partial charge is 0.435 e. The van der Waals surface area contributed by atoms with Crippen molar-refractivity contribution in [3.63, 3.8) is 0 Å². The number of benzene rings is 1. The summed E-state index contributed by atoms with van der Waals surface area (Å²) in [5, 5.41) is 7.58. The van der Waals surface area contributed by atoms with Gasteiger partial charge >= 0.3 is 6.18 Å². The van der Waals surface area contributed by atoms with Crippen molar-refractivity contribution in [3.8, 4) is 0 Å². The molecule has 11 heteroatoms. The van der Waals surface area contributed by atoms with E-state index in [2.05, 4.69) is 15.4 Å². The van der Waals surface area contributed by atoms with Crippen molar-refractivity contribution in [1.29, 1.82) is 0 Å². The normalized spacial score (nSPS) is 16.3. The van der Waals surface area contributed by atoms with Crippen molar-refractivity contribution >= 4 is 34.6 Å². The van der Waals surface area contributed by atoms with Crippen LogP contribution in [-0.4, -0.2) is 32.5 Å². The van der Waals surface area contributed by atoms with Crippen LogP contribution in [0.5, 0.6) is 0 Å².